The molecule has 0 unspecified atom stereocenters. The Hall–Kier alpha value is -3.62. The minimum Gasteiger partial charge on any atom is -0.496 e. The molecule has 0 saturated carbocycles. The SMILES string of the molecule is COc1ccc(-c2cccc(NC(=O)c3cccc(C#N)c3)c2)cc1CN1CCCC1. The van der Waals surface area contributed by atoms with E-state index in [1.54, 1.807) is 31.4 Å². The molecule has 1 aliphatic heterocycles. The average Bonchev–Trinajstić information content (AvgIpc) is 3.32. The summed E-state index contributed by atoms with van der Waals surface area (Å²) in [5.74, 6) is 0.663. The topological polar surface area (TPSA) is 65.4 Å². The zero-order valence-corrected chi connectivity index (χ0v) is 17.6. The molecule has 1 heterocycles. The van der Waals surface area contributed by atoms with Gasteiger partial charge >= 0.3 is 0 Å². The van der Waals surface area contributed by atoms with Crippen molar-refractivity contribution in [2.24, 2.45) is 0 Å². The molecule has 0 atom stereocenters. The molecule has 3 aromatic rings. The first-order valence-electron chi connectivity index (χ1n) is 10.5. The number of carbonyl (C=O) groups excluding carboxylic acids is 1. The van der Waals surface area contributed by atoms with E-state index >= 15 is 0 Å². The Morgan fingerprint density at radius 3 is 2.58 bits per heavy atom. The van der Waals surface area contributed by atoms with Crippen molar-refractivity contribution in [3.05, 3.63) is 83.4 Å². The van der Waals surface area contributed by atoms with Gasteiger partial charge in [0.25, 0.3) is 5.91 Å². The van der Waals surface area contributed by atoms with E-state index in [1.165, 1.54) is 18.4 Å². The van der Waals surface area contributed by atoms with Gasteiger partial charge in [0.1, 0.15) is 5.75 Å². The van der Waals surface area contributed by atoms with Crippen LogP contribution < -0.4 is 10.1 Å². The second kappa shape index (κ2) is 9.46. The molecule has 0 aromatic heterocycles. The summed E-state index contributed by atoms with van der Waals surface area (Å²) in [6, 6.07) is 22.8. The predicted octanol–water partition coefficient (Wildman–Crippen LogP) is 5.08. The summed E-state index contributed by atoms with van der Waals surface area (Å²) < 4.78 is 5.58. The third kappa shape index (κ3) is 4.93. The first-order chi connectivity index (χ1) is 15.2. The number of anilines is 1. The molecule has 31 heavy (non-hydrogen) atoms. The molecule has 0 spiro atoms. The van der Waals surface area contributed by atoms with E-state index in [-0.39, 0.29) is 5.91 Å². The van der Waals surface area contributed by atoms with Crippen LogP contribution in [0.1, 0.15) is 34.3 Å². The summed E-state index contributed by atoms with van der Waals surface area (Å²) in [4.78, 5) is 15.1. The summed E-state index contributed by atoms with van der Waals surface area (Å²) in [6.45, 7) is 3.13. The van der Waals surface area contributed by atoms with Gasteiger partial charge in [0.15, 0.2) is 0 Å². The highest BCUT2D eigenvalue weighted by Crippen LogP contribution is 2.30. The maximum atomic E-state index is 12.6. The molecule has 1 fully saturated rings. The summed E-state index contributed by atoms with van der Waals surface area (Å²) in [7, 11) is 1.71. The molecule has 1 N–H and O–H groups in total. The van der Waals surface area contributed by atoms with Crippen LogP contribution in [0.2, 0.25) is 0 Å². The van der Waals surface area contributed by atoms with Crippen molar-refractivity contribution in [3.63, 3.8) is 0 Å². The van der Waals surface area contributed by atoms with Crippen LogP contribution in [0, 0.1) is 11.3 Å². The Labute approximate surface area is 182 Å². The average molecular weight is 412 g/mol. The van der Waals surface area contributed by atoms with Gasteiger partial charge in [0, 0.05) is 23.4 Å². The molecular formula is C26H25N3O2. The van der Waals surface area contributed by atoms with Gasteiger partial charge in [-0.05, 0) is 79.5 Å². The van der Waals surface area contributed by atoms with E-state index in [4.69, 9.17) is 10.00 Å². The molecule has 1 amide bonds. The minimum atomic E-state index is -0.237. The van der Waals surface area contributed by atoms with Gasteiger partial charge in [-0.25, -0.2) is 0 Å². The standard InChI is InChI=1S/C26H25N3O2/c1-31-25-11-10-21(15-23(25)18-29-12-2-3-13-29)20-7-5-9-24(16-20)28-26(30)22-8-4-6-19(14-22)17-27/h4-11,14-16H,2-3,12-13,18H2,1H3,(H,28,30). The van der Waals surface area contributed by atoms with E-state index in [0.717, 1.165) is 36.5 Å². The predicted molar refractivity (Wildman–Crippen MR) is 122 cm³/mol. The van der Waals surface area contributed by atoms with Crippen LogP contribution in [-0.2, 0) is 6.54 Å². The van der Waals surface area contributed by atoms with Gasteiger partial charge < -0.3 is 10.1 Å². The lowest BCUT2D eigenvalue weighted by Crippen LogP contribution is -2.18. The van der Waals surface area contributed by atoms with Crippen molar-refractivity contribution in [3.8, 4) is 22.9 Å². The van der Waals surface area contributed by atoms with Crippen molar-refractivity contribution >= 4 is 11.6 Å². The number of hydrogen-bond donors (Lipinski definition) is 1. The molecule has 5 heteroatoms. The van der Waals surface area contributed by atoms with Crippen molar-refractivity contribution in [2.75, 3.05) is 25.5 Å². The van der Waals surface area contributed by atoms with E-state index in [2.05, 4.69) is 22.4 Å². The molecule has 1 aliphatic rings. The van der Waals surface area contributed by atoms with Crippen LogP contribution in [0.25, 0.3) is 11.1 Å². The maximum absolute atomic E-state index is 12.6. The van der Waals surface area contributed by atoms with Gasteiger partial charge in [0.2, 0.25) is 0 Å². The highest BCUT2D eigenvalue weighted by molar-refractivity contribution is 6.04. The van der Waals surface area contributed by atoms with E-state index < -0.39 is 0 Å². The minimum absolute atomic E-state index is 0.237. The molecule has 3 aromatic carbocycles. The first-order valence-corrected chi connectivity index (χ1v) is 10.5. The third-order valence-corrected chi connectivity index (χ3v) is 5.58. The number of amides is 1. The fourth-order valence-corrected chi connectivity index (χ4v) is 3.97. The number of rotatable bonds is 6. The second-order valence-electron chi connectivity index (χ2n) is 7.74. The quantitative estimate of drug-likeness (QED) is 0.614. The van der Waals surface area contributed by atoms with Gasteiger partial charge in [-0.3, -0.25) is 9.69 Å². The normalized spacial score (nSPS) is 13.5. The van der Waals surface area contributed by atoms with Gasteiger partial charge in [0.05, 0.1) is 18.7 Å². The van der Waals surface area contributed by atoms with Crippen LogP contribution in [0.5, 0.6) is 5.75 Å². The number of methoxy groups -OCH3 is 1. The van der Waals surface area contributed by atoms with Gasteiger partial charge in [-0.2, -0.15) is 5.26 Å². The molecule has 4 rings (SSSR count). The number of nitriles is 1. The highest BCUT2D eigenvalue weighted by Gasteiger charge is 2.15. The van der Waals surface area contributed by atoms with Crippen molar-refractivity contribution < 1.29 is 9.53 Å². The molecule has 0 bridgehead atoms. The Bertz CT molecular complexity index is 1130. The van der Waals surface area contributed by atoms with E-state index in [1.807, 2.05) is 36.4 Å². The fourth-order valence-electron chi connectivity index (χ4n) is 3.97. The van der Waals surface area contributed by atoms with Crippen LogP contribution in [0.3, 0.4) is 0 Å². The van der Waals surface area contributed by atoms with Gasteiger partial charge in [-0.1, -0.05) is 24.3 Å². The number of carbonyl (C=O) groups is 1. The number of likely N-dealkylation sites (tertiary alicyclic amines) is 1. The lowest BCUT2D eigenvalue weighted by Gasteiger charge is -2.18. The van der Waals surface area contributed by atoms with Crippen molar-refractivity contribution in [2.45, 2.75) is 19.4 Å². The lowest BCUT2D eigenvalue weighted by atomic mass is 10.0. The number of nitrogens with zero attached hydrogens (tertiary/aromatic N) is 2. The van der Waals surface area contributed by atoms with Crippen molar-refractivity contribution in [1.82, 2.24) is 4.90 Å². The molecule has 1 saturated heterocycles. The fraction of sp³-hybridized carbons (Fsp3) is 0.231. The smallest absolute Gasteiger partial charge is 0.255 e. The van der Waals surface area contributed by atoms with Crippen LogP contribution >= 0.6 is 0 Å². The van der Waals surface area contributed by atoms with E-state index in [0.29, 0.717) is 16.8 Å². The Balaban J connectivity index is 1.56. The maximum Gasteiger partial charge on any atom is 0.255 e. The Kier molecular flexibility index (Phi) is 6.30. The molecule has 5 nitrogen and oxygen atoms in total. The van der Waals surface area contributed by atoms with Crippen LogP contribution in [0.4, 0.5) is 5.69 Å². The number of ether oxygens (including phenoxy) is 1. The third-order valence-electron chi connectivity index (χ3n) is 5.58. The first kappa shape index (κ1) is 20.6. The Morgan fingerprint density at radius 2 is 1.81 bits per heavy atom. The van der Waals surface area contributed by atoms with E-state index in [9.17, 15) is 4.79 Å². The van der Waals surface area contributed by atoms with Gasteiger partial charge in [-0.15, -0.1) is 0 Å². The zero-order valence-electron chi connectivity index (χ0n) is 17.6. The highest BCUT2D eigenvalue weighted by atomic mass is 16.5. The van der Waals surface area contributed by atoms with Crippen LogP contribution in [0.15, 0.2) is 66.7 Å². The lowest BCUT2D eigenvalue weighted by molar-refractivity contribution is 0.102. The van der Waals surface area contributed by atoms with Crippen LogP contribution in [-0.4, -0.2) is 31.0 Å². The molecule has 0 radical (unpaired) electrons. The Morgan fingerprint density at radius 1 is 1.03 bits per heavy atom. The summed E-state index contributed by atoms with van der Waals surface area (Å²) in [6.07, 6.45) is 2.50. The summed E-state index contributed by atoms with van der Waals surface area (Å²) in [5, 5.41) is 12.0. The largest absolute Gasteiger partial charge is 0.496 e. The van der Waals surface area contributed by atoms with Crippen molar-refractivity contribution in [1.29, 1.82) is 5.26 Å². The molecule has 156 valence electrons. The number of benzene rings is 3. The summed E-state index contributed by atoms with van der Waals surface area (Å²) >= 11 is 0. The number of nitrogens with one attached hydrogen (secondary N) is 1. The second-order valence-corrected chi connectivity index (χ2v) is 7.74. The number of hydrogen-bond acceptors (Lipinski definition) is 4. The molecule has 0 aliphatic carbocycles. The zero-order chi connectivity index (χ0) is 21.6. The summed E-state index contributed by atoms with van der Waals surface area (Å²) in [5.41, 5.74) is 4.91. The monoisotopic (exact) mass is 411 g/mol. The molecular weight excluding hydrogens is 386 g/mol.